The maximum absolute atomic E-state index is 12.7. The van der Waals surface area contributed by atoms with E-state index in [1.807, 2.05) is 19.1 Å². The van der Waals surface area contributed by atoms with Gasteiger partial charge in [-0.15, -0.1) is 0 Å². The zero-order valence-corrected chi connectivity index (χ0v) is 17.5. The highest BCUT2D eigenvalue weighted by molar-refractivity contribution is 5.35. The lowest BCUT2D eigenvalue weighted by Gasteiger charge is -2.36. The molecule has 2 aromatic rings. The summed E-state index contributed by atoms with van der Waals surface area (Å²) in [5, 5.41) is 0. The molecule has 2 aliphatic heterocycles. The third-order valence-electron chi connectivity index (χ3n) is 5.50. The Labute approximate surface area is 171 Å². The fraction of sp³-hybridized carbons (Fsp3) is 0.545. The van der Waals surface area contributed by atoms with E-state index in [1.165, 1.54) is 5.56 Å². The Morgan fingerprint density at radius 2 is 1.93 bits per heavy atom. The lowest BCUT2D eigenvalue weighted by atomic mass is 10.1. The minimum Gasteiger partial charge on any atom is -0.494 e. The van der Waals surface area contributed by atoms with E-state index < -0.39 is 0 Å². The summed E-state index contributed by atoms with van der Waals surface area (Å²) in [6, 6.07) is 8.23. The molecular formula is C22H30N4O3. The maximum atomic E-state index is 12.7. The van der Waals surface area contributed by atoms with Gasteiger partial charge in [0.2, 0.25) is 5.95 Å². The number of hydrogen-bond donors (Lipinski definition) is 1. The van der Waals surface area contributed by atoms with Crippen LogP contribution in [-0.2, 0) is 24.2 Å². The fourth-order valence-electron chi connectivity index (χ4n) is 4.23. The molecule has 1 aromatic carbocycles. The molecule has 156 valence electrons. The number of hydrogen-bond acceptors (Lipinski definition) is 6. The van der Waals surface area contributed by atoms with Crippen LogP contribution >= 0.6 is 0 Å². The van der Waals surface area contributed by atoms with Crippen LogP contribution in [0.25, 0.3) is 0 Å². The van der Waals surface area contributed by atoms with Crippen LogP contribution in [0, 0.1) is 0 Å². The fourth-order valence-corrected chi connectivity index (χ4v) is 4.23. The van der Waals surface area contributed by atoms with Crippen molar-refractivity contribution < 1.29 is 9.47 Å². The molecule has 29 heavy (non-hydrogen) atoms. The second kappa shape index (κ2) is 8.55. The zero-order valence-electron chi connectivity index (χ0n) is 17.5. The largest absolute Gasteiger partial charge is 0.494 e. The number of anilines is 1. The molecule has 0 amide bonds. The van der Waals surface area contributed by atoms with Gasteiger partial charge < -0.3 is 14.4 Å². The number of fused-ring (bicyclic) bond motifs is 1. The monoisotopic (exact) mass is 398 g/mol. The van der Waals surface area contributed by atoms with Gasteiger partial charge in [-0.2, -0.15) is 0 Å². The Morgan fingerprint density at radius 1 is 1.21 bits per heavy atom. The van der Waals surface area contributed by atoms with E-state index in [4.69, 9.17) is 14.5 Å². The molecule has 0 saturated carbocycles. The number of ether oxygens (including phenoxy) is 2. The van der Waals surface area contributed by atoms with E-state index in [0.29, 0.717) is 19.1 Å². The van der Waals surface area contributed by atoms with Crippen molar-refractivity contribution in [3.05, 3.63) is 51.4 Å². The van der Waals surface area contributed by atoms with E-state index in [1.54, 1.807) is 0 Å². The van der Waals surface area contributed by atoms with Crippen LogP contribution < -0.4 is 15.2 Å². The predicted molar refractivity (Wildman–Crippen MR) is 113 cm³/mol. The number of aromatic amines is 1. The molecule has 0 radical (unpaired) electrons. The molecule has 7 heteroatoms. The normalized spacial score (nSPS) is 22.4. The van der Waals surface area contributed by atoms with Crippen LogP contribution in [0.5, 0.6) is 5.75 Å². The first-order valence-corrected chi connectivity index (χ1v) is 10.5. The zero-order chi connectivity index (χ0) is 20.4. The Kier molecular flexibility index (Phi) is 5.87. The molecule has 1 fully saturated rings. The van der Waals surface area contributed by atoms with Crippen molar-refractivity contribution in [3.63, 3.8) is 0 Å². The summed E-state index contributed by atoms with van der Waals surface area (Å²) in [4.78, 5) is 25.0. The molecular weight excluding hydrogens is 368 g/mol. The van der Waals surface area contributed by atoms with Gasteiger partial charge in [-0.1, -0.05) is 12.1 Å². The number of benzene rings is 1. The summed E-state index contributed by atoms with van der Waals surface area (Å²) >= 11 is 0. The van der Waals surface area contributed by atoms with Gasteiger partial charge in [0.1, 0.15) is 5.75 Å². The molecule has 3 heterocycles. The standard InChI is InChI=1S/C22H30N4O3/c1-4-28-18-7-5-17(6-8-18)13-25-10-9-19-20(14-25)23-22(24-21(19)27)26-11-15(2)29-16(3)12-26/h5-8,15-16H,4,9-14H2,1-3H3,(H,23,24,27)/t15-,16-/m1/s1. The molecule has 2 atom stereocenters. The molecule has 7 nitrogen and oxygen atoms in total. The Hall–Kier alpha value is -2.38. The maximum Gasteiger partial charge on any atom is 0.255 e. The van der Waals surface area contributed by atoms with E-state index in [0.717, 1.165) is 49.6 Å². The van der Waals surface area contributed by atoms with Crippen LogP contribution in [0.4, 0.5) is 5.95 Å². The summed E-state index contributed by atoms with van der Waals surface area (Å²) in [5.74, 6) is 1.56. The number of morpholine rings is 1. The highest BCUT2D eigenvalue weighted by Gasteiger charge is 2.27. The number of nitrogens with zero attached hydrogens (tertiary/aromatic N) is 3. The number of rotatable bonds is 5. The van der Waals surface area contributed by atoms with Crippen LogP contribution in [0.2, 0.25) is 0 Å². The van der Waals surface area contributed by atoms with Crippen molar-refractivity contribution in [2.24, 2.45) is 0 Å². The summed E-state index contributed by atoms with van der Waals surface area (Å²) in [5.41, 5.74) is 2.95. The van der Waals surface area contributed by atoms with Crippen LogP contribution in [0.15, 0.2) is 29.1 Å². The highest BCUT2D eigenvalue weighted by Crippen LogP contribution is 2.21. The first-order valence-electron chi connectivity index (χ1n) is 10.5. The van der Waals surface area contributed by atoms with Gasteiger partial charge in [0.05, 0.1) is 24.5 Å². The summed E-state index contributed by atoms with van der Waals surface area (Å²) in [6.07, 6.45) is 0.970. The number of nitrogens with one attached hydrogen (secondary N) is 1. The molecule has 1 aromatic heterocycles. The summed E-state index contributed by atoms with van der Waals surface area (Å²) in [7, 11) is 0. The van der Waals surface area contributed by atoms with Crippen LogP contribution in [0.3, 0.4) is 0 Å². The SMILES string of the molecule is CCOc1ccc(CN2CCc3c(nc(N4C[C@@H](C)O[C@H](C)C4)[nH]c3=O)C2)cc1. The predicted octanol–water partition coefficient (Wildman–Crippen LogP) is 2.34. The van der Waals surface area contributed by atoms with Crippen molar-refractivity contribution >= 4 is 5.95 Å². The van der Waals surface area contributed by atoms with Gasteiger partial charge in [-0.25, -0.2) is 4.98 Å². The van der Waals surface area contributed by atoms with Crippen molar-refractivity contribution in [2.75, 3.05) is 31.1 Å². The number of aromatic nitrogens is 2. The average molecular weight is 399 g/mol. The molecule has 0 aliphatic carbocycles. The van der Waals surface area contributed by atoms with E-state index >= 15 is 0 Å². The topological polar surface area (TPSA) is 70.7 Å². The minimum atomic E-state index is -0.00230. The summed E-state index contributed by atoms with van der Waals surface area (Å²) in [6.45, 7) is 10.6. The average Bonchev–Trinajstić information content (AvgIpc) is 2.69. The lowest BCUT2D eigenvalue weighted by Crippen LogP contribution is -2.47. The molecule has 0 unspecified atom stereocenters. The Bertz CT molecular complexity index is 886. The van der Waals surface area contributed by atoms with Crippen LogP contribution in [-0.4, -0.2) is 53.3 Å². The second-order valence-electron chi connectivity index (χ2n) is 8.01. The third kappa shape index (κ3) is 4.62. The van der Waals surface area contributed by atoms with E-state index in [9.17, 15) is 4.79 Å². The molecule has 4 rings (SSSR count). The van der Waals surface area contributed by atoms with Crippen LogP contribution in [0.1, 0.15) is 37.6 Å². The van der Waals surface area contributed by atoms with E-state index in [-0.39, 0.29) is 17.8 Å². The highest BCUT2D eigenvalue weighted by atomic mass is 16.5. The number of H-pyrrole nitrogens is 1. The third-order valence-corrected chi connectivity index (χ3v) is 5.50. The molecule has 2 aliphatic rings. The van der Waals surface area contributed by atoms with Crippen molar-refractivity contribution in [2.45, 2.75) is 52.5 Å². The van der Waals surface area contributed by atoms with Crippen molar-refractivity contribution in [3.8, 4) is 5.75 Å². The molecule has 0 bridgehead atoms. The van der Waals surface area contributed by atoms with Gasteiger partial charge in [0.25, 0.3) is 5.56 Å². The van der Waals surface area contributed by atoms with Gasteiger partial charge in [0.15, 0.2) is 0 Å². The lowest BCUT2D eigenvalue weighted by molar-refractivity contribution is -0.00576. The van der Waals surface area contributed by atoms with Gasteiger partial charge in [-0.3, -0.25) is 14.7 Å². The van der Waals surface area contributed by atoms with E-state index in [2.05, 4.69) is 40.8 Å². The van der Waals surface area contributed by atoms with Gasteiger partial charge >= 0.3 is 0 Å². The second-order valence-corrected chi connectivity index (χ2v) is 8.01. The quantitative estimate of drug-likeness (QED) is 0.834. The summed E-state index contributed by atoms with van der Waals surface area (Å²) < 4.78 is 11.3. The van der Waals surface area contributed by atoms with Crippen molar-refractivity contribution in [1.82, 2.24) is 14.9 Å². The first kappa shape index (κ1) is 19.9. The Morgan fingerprint density at radius 3 is 2.62 bits per heavy atom. The molecule has 1 N–H and O–H groups in total. The molecule has 0 spiro atoms. The van der Waals surface area contributed by atoms with Gasteiger partial charge in [-0.05, 0) is 44.9 Å². The van der Waals surface area contributed by atoms with Crippen molar-refractivity contribution in [1.29, 1.82) is 0 Å². The first-order chi connectivity index (χ1) is 14.0. The van der Waals surface area contributed by atoms with Gasteiger partial charge in [0, 0.05) is 38.3 Å². The molecule has 1 saturated heterocycles. The Balaban J connectivity index is 1.49. The smallest absolute Gasteiger partial charge is 0.255 e. The minimum absolute atomic E-state index is 0.00230.